The highest BCUT2D eigenvalue weighted by atomic mass is 16.4. The zero-order valence-electron chi connectivity index (χ0n) is 9.61. The number of unbranched alkanes of at least 4 members (excludes halogenated alkanes) is 4. The molecular formula is C13H22O2. The van der Waals surface area contributed by atoms with Crippen molar-refractivity contribution in [1.82, 2.24) is 0 Å². The summed E-state index contributed by atoms with van der Waals surface area (Å²) in [6.07, 6.45) is 15.1. The zero-order valence-corrected chi connectivity index (χ0v) is 9.61. The molecule has 0 radical (unpaired) electrons. The Morgan fingerprint density at radius 3 is 2.33 bits per heavy atom. The summed E-state index contributed by atoms with van der Waals surface area (Å²) in [4.78, 5) is 10.2. The molecule has 0 saturated heterocycles. The average molecular weight is 210 g/mol. The summed E-state index contributed by atoms with van der Waals surface area (Å²) in [5, 5.41) is 8.38. The number of hydrogen-bond acceptors (Lipinski definition) is 1. The maximum Gasteiger partial charge on any atom is 0.303 e. The molecule has 86 valence electrons. The summed E-state index contributed by atoms with van der Waals surface area (Å²) in [5.41, 5.74) is 0. The summed E-state index contributed by atoms with van der Waals surface area (Å²) in [6.45, 7) is 2.21. The van der Waals surface area contributed by atoms with Gasteiger partial charge in [-0.2, -0.15) is 0 Å². The molecule has 0 aliphatic rings. The van der Waals surface area contributed by atoms with Gasteiger partial charge in [0.1, 0.15) is 0 Å². The van der Waals surface area contributed by atoms with Crippen LogP contribution in [-0.2, 0) is 4.79 Å². The second-order valence-electron chi connectivity index (χ2n) is 3.64. The van der Waals surface area contributed by atoms with E-state index in [1.165, 1.54) is 25.7 Å². The molecule has 0 fully saturated rings. The van der Waals surface area contributed by atoms with Crippen LogP contribution in [-0.4, -0.2) is 11.1 Å². The summed E-state index contributed by atoms with van der Waals surface area (Å²) in [7, 11) is 0. The minimum Gasteiger partial charge on any atom is -0.481 e. The second-order valence-corrected chi connectivity index (χ2v) is 3.64. The third kappa shape index (κ3) is 12.9. The summed E-state index contributed by atoms with van der Waals surface area (Å²) >= 11 is 0. The molecule has 0 unspecified atom stereocenters. The first-order chi connectivity index (χ1) is 7.27. The molecule has 0 heterocycles. The number of rotatable bonds is 9. The highest BCUT2D eigenvalue weighted by Crippen LogP contribution is 2.02. The van der Waals surface area contributed by atoms with Gasteiger partial charge in [0.15, 0.2) is 0 Å². The first-order valence-electron chi connectivity index (χ1n) is 5.80. The van der Waals surface area contributed by atoms with Gasteiger partial charge in [-0.05, 0) is 19.3 Å². The van der Waals surface area contributed by atoms with Crippen LogP contribution in [0.4, 0.5) is 0 Å². The SMILES string of the molecule is CCCCCCC=CC=CCCC(=O)O. The van der Waals surface area contributed by atoms with Gasteiger partial charge in [0, 0.05) is 6.42 Å². The number of carboxylic acids is 1. The first-order valence-corrected chi connectivity index (χ1v) is 5.80. The van der Waals surface area contributed by atoms with Crippen molar-refractivity contribution in [3.8, 4) is 0 Å². The highest BCUT2D eigenvalue weighted by molar-refractivity contribution is 5.66. The number of carbonyl (C=O) groups is 1. The Labute approximate surface area is 92.7 Å². The van der Waals surface area contributed by atoms with Crippen LogP contribution in [0.15, 0.2) is 24.3 Å². The van der Waals surface area contributed by atoms with Crippen molar-refractivity contribution in [1.29, 1.82) is 0 Å². The maximum atomic E-state index is 10.2. The van der Waals surface area contributed by atoms with Crippen LogP contribution in [0.3, 0.4) is 0 Å². The van der Waals surface area contributed by atoms with Crippen LogP contribution in [0.25, 0.3) is 0 Å². The van der Waals surface area contributed by atoms with Gasteiger partial charge < -0.3 is 5.11 Å². The average Bonchev–Trinajstić information content (AvgIpc) is 2.20. The number of hydrogen-bond donors (Lipinski definition) is 1. The lowest BCUT2D eigenvalue weighted by atomic mass is 10.1. The molecule has 0 amide bonds. The summed E-state index contributed by atoms with van der Waals surface area (Å²) in [6, 6.07) is 0. The molecule has 15 heavy (non-hydrogen) atoms. The monoisotopic (exact) mass is 210 g/mol. The van der Waals surface area contributed by atoms with Crippen LogP contribution in [0.5, 0.6) is 0 Å². The van der Waals surface area contributed by atoms with E-state index in [9.17, 15) is 4.79 Å². The Hall–Kier alpha value is -1.05. The lowest BCUT2D eigenvalue weighted by Gasteiger charge is -1.92. The third-order valence-corrected chi connectivity index (χ3v) is 2.13. The Bertz CT molecular complexity index is 205. The fourth-order valence-corrected chi connectivity index (χ4v) is 1.25. The first kappa shape index (κ1) is 13.9. The van der Waals surface area contributed by atoms with Crippen molar-refractivity contribution in [2.24, 2.45) is 0 Å². The topological polar surface area (TPSA) is 37.3 Å². The van der Waals surface area contributed by atoms with Gasteiger partial charge in [0.25, 0.3) is 0 Å². The van der Waals surface area contributed by atoms with Crippen molar-refractivity contribution in [2.75, 3.05) is 0 Å². The van der Waals surface area contributed by atoms with E-state index >= 15 is 0 Å². The maximum absolute atomic E-state index is 10.2. The van der Waals surface area contributed by atoms with Gasteiger partial charge in [-0.3, -0.25) is 4.79 Å². The van der Waals surface area contributed by atoms with Crippen molar-refractivity contribution < 1.29 is 9.90 Å². The van der Waals surface area contributed by atoms with E-state index in [4.69, 9.17) is 5.11 Å². The Balaban J connectivity index is 3.26. The van der Waals surface area contributed by atoms with E-state index in [0.717, 1.165) is 6.42 Å². The minimum atomic E-state index is -0.733. The molecule has 0 rings (SSSR count). The highest BCUT2D eigenvalue weighted by Gasteiger charge is 1.90. The van der Waals surface area contributed by atoms with Crippen LogP contribution in [0.2, 0.25) is 0 Å². The van der Waals surface area contributed by atoms with Crippen molar-refractivity contribution >= 4 is 5.97 Å². The van der Waals surface area contributed by atoms with Crippen LogP contribution in [0.1, 0.15) is 51.9 Å². The van der Waals surface area contributed by atoms with Gasteiger partial charge in [0.2, 0.25) is 0 Å². The summed E-state index contributed by atoms with van der Waals surface area (Å²) in [5.74, 6) is -0.733. The van der Waals surface area contributed by atoms with Crippen molar-refractivity contribution in [3.05, 3.63) is 24.3 Å². The van der Waals surface area contributed by atoms with E-state index in [2.05, 4.69) is 13.0 Å². The molecule has 2 heteroatoms. The molecule has 1 N–H and O–H groups in total. The van der Waals surface area contributed by atoms with E-state index in [-0.39, 0.29) is 6.42 Å². The zero-order chi connectivity index (χ0) is 11.4. The number of allylic oxidation sites excluding steroid dienone is 4. The molecule has 0 spiro atoms. The van der Waals surface area contributed by atoms with Crippen molar-refractivity contribution in [2.45, 2.75) is 51.9 Å². The molecule has 0 aromatic carbocycles. The molecular weight excluding hydrogens is 188 g/mol. The standard InChI is InChI=1S/C13H22O2/c1-2-3-4-5-6-7-8-9-10-11-12-13(14)15/h7-10H,2-6,11-12H2,1H3,(H,14,15). The number of carboxylic acid groups (broad SMARTS) is 1. The molecule has 2 nitrogen and oxygen atoms in total. The van der Waals surface area contributed by atoms with E-state index in [1.54, 1.807) is 0 Å². The van der Waals surface area contributed by atoms with Crippen LogP contribution >= 0.6 is 0 Å². The second kappa shape index (κ2) is 11.0. The Morgan fingerprint density at radius 1 is 1.07 bits per heavy atom. The lowest BCUT2D eigenvalue weighted by Crippen LogP contribution is -1.91. The van der Waals surface area contributed by atoms with Crippen LogP contribution in [0, 0.1) is 0 Å². The Morgan fingerprint density at radius 2 is 1.73 bits per heavy atom. The lowest BCUT2D eigenvalue weighted by molar-refractivity contribution is -0.136. The van der Waals surface area contributed by atoms with E-state index in [0.29, 0.717) is 6.42 Å². The molecule has 0 aromatic rings. The fraction of sp³-hybridized carbons (Fsp3) is 0.615. The van der Waals surface area contributed by atoms with Gasteiger partial charge in [0.05, 0.1) is 0 Å². The Kier molecular flexibility index (Phi) is 10.3. The number of aliphatic carboxylic acids is 1. The van der Waals surface area contributed by atoms with Crippen LogP contribution < -0.4 is 0 Å². The molecule has 0 atom stereocenters. The predicted molar refractivity (Wildman–Crippen MR) is 63.9 cm³/mol. The smallest absolute Gasteiger partial charge is 0.303 e. The van der Waals surface area contributed by atoms with Gasteiger partial charge >= 0.3 is 5.97 Å². The molecule has 0 aliphatic heterocycles. The van der Waals surface area contributed by atoms with E-state index < -0.39 is 5.97 Å². The minimum absolute atomic E-state index is 0.223. The molecule has 0 aliphatic carbocycles. The normalized spacial score (nSPS) is 11.5. The molecule has 0 saturated carbocycles. The summed E-state index contributed by atoms with van der Waals surface area (Å²) < 4.78 is 0. The molecule has 0 aromatic heterocycles. The van der Waals surface area contributed by atoms with Gasteiger partial charge in [-0.1, -0.05) is 50.5 Å². The van der Waals surface area contributed by atoms with Gasteiger partial charge in [-0.15, -0.1) is 0 Å². The fourth-order valence-electron chi connectivity index (χ4n) is 1.25. The quantitative estimate of drug-likeness (QED) is 0.462. The van der Waals surface area contributed by atoms with Crippen molar-refractivity contribution in [3.63, 3.8) is 0 Å². The van der Waals surface area contributed by atoms with Gasteiger partial charge in [-0.25, -0.2) is 0 Å². The molecule has 0 bridgehead atoms. The largest absolute Gasteiger partial charge is 0.481 e. The third-order valence-electron chi connectivity index (χ3n) is 2.13. The predicted octanol–water partition coefficient (Wildman–Crippen LogP) is 3.93. The van der Waals surface area contributed by atoms with E-state index in [1.807, 2.05) is 18.2 Å².